The lowest BCUT2D eigenvalue weighted by Gasteiger charge is -2.17. The molecule has 0 bridgehead atoms. The molecule has 2 amide bonds. The molecule has 0 aliphatic carbocycles. The first-order valence-electron chi connectivity index (χ1n) is 9.90. The number of carbonyl (C=O) groups excluding carboxylic acids is 3. The van der Waals surface area contributed by atoms with Crippen molar-refractivity contribution in [2.75, 3.05) is 6.54 Å². The Morgan fingerprint density at radius 3 is 2.44 bits per heavy atom. The summed E-state index contributed by atoms with van der Waals surface area (Å²) in [4.78, 5) is 41.5. The normalized spacial score (nSPS) is 11.4. The van der Waals surface area contributed by atoms with Crippen LogP contribution in [-0.2, 0) is 11.3 Å². The molecule has 10 heteroatoms. The molecular weight excluding hydrogens is 420 g/mol. The average Bonchev–Trinajstić information content (AvgIpc) is 3.19. The maximum Gasteiger partial charge on any atom is 0.270 e. The van der Waals surface area contributed by atoms with Crippen LogP contribution in [0.4, 0.5) is 8.78 Å². The van der Waals surface area contributed by atoms with Crippen LogP contribution in [-0.4, -0.2) is 38.7 Å². The third kappa shape index (κ3) is 5.71. The van der Waals surface area contributed by atoms with E-state index in [2.05, 4.69) is 20.7 Å². The summed E-state index contributed by atoms with van der Waals surface area (Å²) in [6.07, 6.45) is 1.73. The van der Waals surface area contributed by atoms with Gasteiger partial charge in [0.25, 0.3) is 11.8 Å². The fourth-order valence-electron chi connectivity index (χ4n) is 3.04. The van der Waals surface area contributed by atoms with Gasteiger partial charge in [-0.1, -0.05) is 26.8 Å². The molecule has 0 aliphatic rings. The number of halogens is 2. The molecule has 8 nitrogen and oxygen atoms in total. The van der Waals surface area contributed by atoms with Crippen LogP contribution in [0.5, 0.6) is 0 Å². The van der Waals surface area contributed by atoms with Gasteiger partial charge in [0.15, 0.2) is 23.1 Å². The second kappa shape index (κ2) is 9.21. The van der Waals surface area contributed by atoms with Gasteiger partial charge in [0.05, 0.1) is 12.7 Å². The van der Waals surface area contributed by atoms with Gasteiger partial charge < -0.3 is 10.6 Å². The zero-order valence-electron chi connectivity index (χ0n) is 17.9. The van der Waals surface area contributed by atoms with Gasteiger partial charge >= 0.3 is 0 Å². The third-order valence-electron chi connectivity index (χ3n) is 4.44. The van der Waals surface area contributed by atoms with Crippen LogP contribution in [0.1, 0.15) is 53.7 Å². The number of aromatic nitrogens is 3. The topological polar surface area (TPSA) is 105 Å². The summed E-state index contributed by atoms with van der Waals surface area (Å²) in [6.45, 7) is 5.56. The molecule has 0 fully saturated rings. The Kier molecular flexibility index (Phi) is 6.61. The van der Waals surface area contributed by atoms with Gasteiger partial charge in [-0.25, -0.2) is 18.3 Å². The first kappa shape index (κ1) is 23.0. The predicted octanol–water partition coefficient (Wildman–Crippen LogP) is 2.67. The molecule has 0 radical (unpaired) electrons. The molecule has 3 aromatic rings. The zero-order valence-corrected chi connectivity index (χ0v) is 17.9. The minimum Gasteiger partial charge on any atom is -0.347 e. The van der Waals surface area contributed by atoms with E-state index >= 15 is 0 Å². The number of hydrogen-bond acceptors (Lipinski definition) is 5. The lowest BCUT2D eigenvalue weighted by atomic mass is 9.90. The van der Waals surface area contributed by atoms with Gasteiger partial charge in [-0.15, -0.1) is 0 Å². The lowest BCUT2D eigenvalue weighted by molar-refractivity contribution is -0.119. The SMILES string of the molecule is CC(C)(C)CC(=O)CNC(=O)c1cc(C(=O)NCc2ccc(F)c(F)c2)nc2ccnn12. The van der Waals surface area contributed by atoms with Crippen LogP contribution in [0.2, 0.25) is 0 Å². The Balaban J connectivity index is 1.74. The highest BCUT2D eigenvalue weighted by Crippen LogP contribution is 2.18. The van der Waals surface area contributed by atoms with E-state index in [0.717, 1.165) is 12.1 Å². The molecule has 0 saturated heterocycles. The van der Waals surface area contributed by atoms with Gasteiger partial charge in [-0.2, -0.15) is 5.10 Å². The molecule has 0 aliphatic heterocycles. The molecular formula is C22H23F2N5O3. The van der Waals surface area contributed by atoms with Gasteiger partial charge in [0.1, 0.15) is 11.4 Å². The van der Waals surface area contributed by atoms with Crippen LogP contribution in [0.25, 0.3) is 5.65 Å². The monoisotopic (exact) mass is 443 g/mol. The first-order chi connectivity index (χ1) is 15.0. The Bertz CT molecular complexity index is 1180. The van der Waals surface area contributed by atoms with Crippen LogP contribution in [0.15, 0.2) is 36.5 Å². The summed E-state index contributed by atoms with van der Waals surface area (Å²) in [5.74, 6) is -3.32. The van der Waals surface area contributed by atoms with Crippen molar-refractivity contribution in [2.45, 2.75) is 33.7 Å². The third-order valence-corrected chi connectivity index (χ3v) is 4.44. The largest absolute Gasteiger partial charge is 0.347 e. The molecule has 0 atom stereocenters. The van der Waals surface area contributed by atoms with Gasteiger partial charge in [-0.3, -0.25) is 14.4 Å². The molecule has 0 saturated carbocycles. The minimum atomic E-state index is -1.02. The zero-order chi connectivity index (χ0) is 23.5. The number of fused-ring (bicyclic) bond motifs is 1. The Hall–Kier alpha value is -3.69. The molecule has 168 valence electrons. The van der Waals surface area contributed by atoms with E-state index in [1.165, 1.54) is 28.9 Å². The summed E-state index contributed by atoms with van der Waals surface area (Å²) in [5, 5.41) is 9.15. The van der Waals surface area contributed by atoms with E-state index in [1.807, 2.05) is 20.8 Å². The number of nitrogens with one attached hydrogen (secondary N) is 2. The number of Topliss-reactive ketones (excluding diaryl/α,β-unsaturated/α-hetero) is 1. The van der Waals surface area contributed by atoms with E-state index in [9.17, 15) is 23.2 Å². The summed E-state index contributed by atoms with van der Waals surface area (Å²) in [5.41, 5.74) is 0.384. The van der Waals surface area contributed by atoms with Gasteiger partial charge in [-0.05, 0) is 23.1 Å². The van der Waals surface area contributed by atoms with Crippen LogP contribution in [0, 0.1) is 17.0 Å². The number of ketones is 1. The van der Waals surface area contributed by atoms with Crippen molar-refractivity contribution < 1.29 is 23.2 Å². The van der Waals surface area contributed by atoms with Crippen molar-refractivity contribution in [1.29, 1.82) is 0 Å². The molecule has 3 rings (SSSR count). The maximum atomic E-state index is 13.3. The Morgan fingerprint density at radius 2 is 1.75 bits per heavy atom. The van der Waals surface area contributed by atoms with E-state index in [0.29, 0.717) is 12.0 Å². The number of hydrogen-bond donors (Lipinski definition) is 2. The van der Waals surface area contributed by atoms with Crippen molar-refractivity contribution >= 4 is 23.2 Å². The van der Waals surface area contributed by atoms with E-state index in [1.54, 1.807) is 0 Å². The standard InChI is InChI=1S/C22H23F2N5O3/c1-22(2,3)10-14(30)12-26-21(32)18-9-17(28-19-6-7-27-29(18)19)20(31)25-11-13-4-5-15(23)16(24)8-13/h4-9H,10-12H2,1-3H3,(H,25,31)(H,26,32). The van der Waals surface area contributed by atoms with Crippen molar-refractivity contribution in [3.8, 4) is 0 Å². The van der Waals surface area contributed by atoms with Crippen LogP contribution in [0.3, 0.4) is 0 Å². The van der Waals surface area contributed by atoms with E-state index < -0.39 is 23.4 Å². The van der Waals surface area contributed by atoms with Crippen LogP contribution < -0.4 is 10.6 Å². The molecule has 2 aromatic heterocycles. The fraction of sp³-hybridized carbons (Fsp3) is 0.318. The molecule has 32 heavy (non-hydrogen) atoms. The molecule has 2 N–H and O–H groups in total. The van der Waals surface area contributed by atoms with Crippen molar-refractivity contribution in [2.24, 2.45) is 5.41 Å². The van der Waals surface area contributed by atoms with Crippen molar-refractivity contribution in [3.05, 3.63) is 65.1 Å². The number of carbonyl (C=O) groups is 3. The summed E-state index contributed by atoms with van der Waals surface area (Å²) in [6, 6.07) is 6.07. The number of benzene rings is 1. The number of amides is 2. The second-order valence-electron chi connectivity index (χ2n) is 8.52. The molecule has 1 aromatic carbocycles. The predicted molar refractivity (Wildman–Crippen MR) is 112 cm³/mol. The van der Waals surface area contributed by atoms with Crippen molar-refractivity contribution in [1.82, 2.24) is 25.2 Å². The Morgan fingerprint density at radius 1 is 1.00 bits per heavy atom. The minimum absolute atomic E-state index is 0.0292. The van der Waals surface area contributed by atoms with E-state index in [-0.39, 0.29) is 41.3 Å². The number of nitrogens with zero attached hydrogens (tertiary/aromatic N) is 3. The number of rotatable bonds is 7. The van der Waals surface area contributed by atoms with Crippen molar-refractivity contribution in [3.63, 3.8) is 0 Å². The lowest BCUT2D eigenvalue weighted by Crippen LogP contribution is -2.33. The fourth-order valence-corrected chi connectivity index (χ4v) is 3.04. The average molecular weight is 443 g/mol. The quantitative estimate of drug-likeness (QED) is 0.584. The smallest absolute Gasteiger partial charge is 0.270 e. The highest BCUT2D eigenvalue weighted by molar-refractivity contribution is 5.99. The highest BCUT2D eigenvalue weighted by Gasteiger charge is 2.20. The first-order valence-corrected chi connectivity index (χ1v) is 9.90. The maximum absolute atomic E-state index is 13.3. The van der Waals surface area contributed by atoms with E-state index in [4.69, 9.17) is 0 Å². The summed E-state index contributed by atoms with van der Waals surface area (Å²) < 4.78 is 27.7. The summed E-state index contributed by atoms with van der Waals surface area (Å²) >= 11 is 0. The van der Waals surface area contributed by atoms with Gasteiger partial charge in [0, 0.05) is 25.1 Å². The molecule has 2 heterocycles. The van der Waals surface area contributed by atoms with Gasteiger partial charge in [0.2, 0.25) is 0 Å². The van der Waals surface area contributed by atoms with Crippen LogP contribution >= 0.6 is 0 Å². The highest BCUT2D eigenvalue weighted by atomic mass is 19.2. The Labute approximate surface area is 183 Å². The molecule has 0 spiro atoms. The summed E-state index contributed by atoms with van der Waals surface area (Å²) in [7, 11) is 0. The second-order valence-corrected chi connectivity index (χ2v) is 8.52. The molecule has 0 unspecified atom stereocenters.